The second-order valence-corrected chi connectivity index (χ2v) is 6.24. The molecule has 1 aromatic carbocycles. The average molecular weight is 432 g/mol. The van der Waals surface area contributed by atoms with E-state index in [1.165, 1.54) is 0 Å². The van der Waals surface area contributed by atoms with Crippen LogP contribution in [0.25, 0.3) is 11.6 Å². The summed E-state index contributed by atoms with van der Waals surface area (Å²) in [5.41, 5.74) is 0.503. The molecule has 0 fully saturated rings. The minimum absolute atomic E-state index is 0.261. The molecule has 0 aliphatic heterocycles. The average Bonchev–Trinajstić information content (AvgIpc) is 3.08. The summed E-state index contributed by atoms with van der Waals surface area (Å²) in [7, 11) is 0. The Morgan fingerprint density at radius 3 is 2.67 bits per heavy atom. The van der Waals surface area contributed by atoms with Gasteiger partial charge in [-0.15, -0.1) is 0 Å². The van der Waals surface area contributed by atoms with Crippen molar-refractivity contribution in [2.75, 3.05) is 5.32 Å². The second kappa shape index (κ2) is 6.12. The van der Waals surface area contributed by atoms with Crippen molar-refractivity contribution in [1.82, 2.24) is 9.36 Å². The van der Waals surface area contributed by atoms with E-state index < -0.39 is 0 Å². The van der Waals surface area contributed by atoms with E-state index in [0.29, 0.717) is 27.3 Å². The molecule has 0 atom stereocenters. The molecular weight excluding hydrogens is 425 g/mol. The smallest absolute Gasteiger partial charge is 0.257 e. The second-order valence-electron chi connectivity index (χ2n) is 3.99. The summed E-state index contributed by atoms with van der Waals surface area (Å²) < 4.78 is 10.3. The molecule has 106 valence electrons. The molecule has 3 rings (SSSR count). The lowest BCUT2D eigenvalue weighted by Crippen LogP contribution is -2.11. The Hall–Kier alpha value is -1.45. The van der Waals surface area contributed by atoms with Gasteiger partial charge in [-0.3, -0.25) is 10.1 Å². The van der Waals surface area contributed by atoms with Gasteiger partial charge < -0.3 is 4.42 Å². The van der Waals surface area contributed by atoms with Gasteiger partial charge in [-0.2, -0.15) is 9.36 Å². The number of carbonyl (C=O) groups excluding carboxylic acids is 1. The van der Waals surface area contributed by atoms with Crippen LogP contribution in [0.3, 0.4) is 0 Å². The number of aromatic nitrogens is 2. The number of rotatable bonds is 3. The summed E-state index contributed by atoms with van der Waals surface area (Å²) in [5.74, 6) is 0.764. The fourth-order valence-corrected chi connectivity index (χ4v) is 2.69. The van der Waals surface area contributed by atoms with E-state index in [-0.39, 0.29) is 5.91 Å². The van der Waals surface area contributed by atoms with Gasteiger partial charge in [-0.1, -0.05) is 11.6 Å². The summed E-state index contributed by atoms with van der Waals surface area (Å²) in [6.45, 7) is 0. The Labute approximate surface area is 142 Å². The molecule has 0 unspecified atom stereocenters. The van der Waals surface area contributed by atoms with Crippen molar-refractivity contribution in [3.05, 3.63) is 50.8 Å². The number of benzene rings is 1. The molecule has 2 heterocycles. The molecule has 0 bridgehead atoms. The molecule has 0 radical (unpaired) electrons. The molecule has 0 saturated heterocycles. The minimum Gasteiger partial charge on any atom is -0.447 e. The molecule has 0 aliphatic carbocycles. The topological polar surface area (TPSA) is 68.0 Å². The third kappa shape index (κ3) is 3.42. The Morgan fingerprint density at radius 1 is 1.24 bits per heavy atom. The number of nitrogens with zero attached hydrogens (tertiary/aromatic N) is 2. The molecule has 0 spiro atoms. The summed E-state index contributed by atoms with van der Waals surface area (Å²) >= 11 is 8.95. The predicted molar refractivity (Wildman–Crippen MR) is 89.7 cm³/mol. The van der Waals surface area contributed by atoms with Crippen LogP contribution in [-0.4, -0.2) is 15.3 Å². The third-order valence-corrected chi connectivity index (χ3v) is 4.01. The van der Waals surface area contributed by atoms with Crippen LogP contribution in [0.15, 0.2) is 40.8 Å². The third-order valence-electron chi connectivity index (χ3n) is 2.55. The molecule has 0 saturated carbocycles. The fourth-order valence-electron chi connectivity index (χ4n) is 1.58. The van der Waals surface area contributed by atoms with Gasteiger partial charge in [0, 0.05) is 22.1 Å². The molecule has 8 heteroatoms. The van der Waals surface area contributed by atoms with Crippen molar-refractivity contribution in [2.45, 2.75) is 0 Å². The summed E-state index contributed by atoms with van der Waals surface area (Å²) in [5, 5.41) is 3.69. The molecular formula is C13H7ClIN3O2S. The maximum Gasteiger partial charge on any atom is 0.257 e. The first-order chi connectivity index (χ1) is 10.1. The molecule has 3 aromatic rings. The van der Waals surface area contributed by atoms with Crippen LogP contribution in [-0.2, 0) is 0 Å². The first kappa shape index (κ1) is 14.5. The van der Waals surface area contributed by atoms with Crippen molar-refractivity contribution >= 4 is 56.8 Å². The molecule has 21 heavy (non-hydrogen) atoms. The van der Waals surface area contributed by atoms with Crippen LogP contribution in [0, 0.1) is 3.77 Å². The highest BCUT2D eigenvalue weighted by Gasteiger charge is 2.13. The molecule has 0 aliphatic rings. The van der Waals surface area contributed by atoms with Gasteiger partial charge in [0.1, 0.15) is 0 Å². The predicted octanol–water partition coefficient (Wildman–Crippen LogP) is 4.31. The Bertz CT molecular complexity index is 785. The zero-order chi connectivity index (χ0) is 14.8. The number of hydrogen-bond acceptors (Lipinski definition) is 5. The van der Waals surface area contributed by atoms with E-state index in [1.807, 2.05) is 6.07 Å². The quantitative estimate of drug-likeness (QED) is 0.628. The highest BCUT2D eigenvalue weighted by atomic mass is 127. The van der Waals surface area contributed by atoms with E-state index in [2.05, 4.69) is 37.3 Å². The van der Waals surface area contributed by atoms with Crippen LogP contribution in [0.2, 0.25) is 5.02 Å². The lowest BCUT2D eigenvalue weighted by Gasteiger charge is -2.00. The monoisotopic (exact) mass is 431 g/mol. The van der Waals surface area contributed by atoms with E-state index in [4.69, 9.17) is 16.0 Å². The maximum absolute atomic E-state index is 12.0. The Balaban J connectivity index is 1.75. The van der Waals surface area contributed by atoms with Crippen molar-refractivity contribution in [3.8, 4) is 11.6 Å². The van der Waals surface area contributed by atoms with Crippen molar-refractivity contribution in [1.29, 1.82) is 0 Å². The van der Waals surface area contributed by atoms with Gasteiger partial charge >= 0.3 is 0 Å². The fraction of sp³-hybridized carbons (Fsp3) is 0. The lowest BCUT2D eigenvalue weighted by molar-refractivity contribution is 0.102. The molecule has 1 amide bonds. The van der Waals surface area contributed by atoms with Crippen LogP contribution in [0.5, 0.6) is 0 Å². The zero-order valence-electron chi connectivity index (χ0n) is 10.3. The summed E-state index contributed by atoms with van der Waals surface area (Å²) in [6, 6.07) is 10.2. The number of halogens is 2. The lowest BCUT2D eigenvalue weighted by atomic mass is 10.2. The molecule has 1 N–H and O–H groups in total. The van der Waals surface area contributed by atoms with Crippen molar-refractivity contribution < 1.29 is 9.21 Å². The maximum atomic E-state index is 12.0. The van der Waals surface area contributed by atoms with Crippen LogP contribution < -0.4 is 5.32 Å². The van der Waals surface area contributed by atoms with E-state index in [0.717, 1.165) is 15.3 Å². The SMILES string of the molecule is O=C(Nc1nc(-c2ccc(I)o2)ns1)c1ccc(Cl)cc1. The highest BCUT2D eigenvalue weighted by molar-refractivity contribution is 14.1. The summed E-state index contributed by atoms with van der Waals surface area (Å²) in [6.07, 6.45) is 0. The van der Waals surface area contributed by atoms with E-state index >= 15 is 0 Å². The standard InChI is InChI=1S/C13H7ClIN3O2S/c14-8-3-1-7(2-4-8)12(19)17-13-16-11(18-21-13)9-5-6-10(15)20-9/h1-6H,(H,16,17,18,19). The Morgan fingerprint density at radius 2 is 2.00 bits per heavy atom. The van der Waals surface area contributed by atoms with Crippen LogP contribution in [0.1, 0.15) is 10.4 Å². The first-order valence-corrected chi connectivity index (χ1v) is 8.01. The number of carbonyl (C=O) groups is 1. The molecule has 5 nitrogen and oxygen atoms in total. The van der Waals surface area contributed by atoms with Gasteiger partial charge in [0.25, 0.3) is 5.91 Å². The van der Waals surface area contributed by atoms with Crippen molar-refractivity contribution in [3.63, 3.8) is 0 Å². The van der Waals surface area contributed by atoms with Gasteiger partial charge in [-0.25, -0.2) is 0 Å². The van der Waals surface area contributed by atoms with Gasteiger partial charge in [-0.05, 0) is 59.0 Å². The number of furan rings is 1. The minimum atomic E-state index is -0.261. The van der Waals surface area contributed by atoms with Gasteiger partial charge in [0.15, 0.2) is 9.53 Å². The van der Waals surface area contributed by atoms with E-state index in [9.17, 15) is 4.79 Å². The normalized spacial score (nSPS) is 10.6. The number of amides is 1. The number of anilines is 1. The Kier molecular flexibility index (Phi) is 4.22. The van der Waals surface area contributed by atoms with Gasteiger partial charge in [0.05, 0.1) is 0 Å². The largest absolute Gasteiger partial charge is 0.447 e. The number of nitrogens with one attached hydrogen (secondary N) is 1. The highest BCUT2D eigenvalue weighted by Crippen LogP contribution is 2.24. The molecule has 2 aromatic heterocycles. The van der Waals surface area contributed by atoms with Crippen molar-refractivity contribution in [2.24, 2.45) is 0 Å². The van der Waals surface area contributed by atoms with Crippen LogP contribution in [0.4, 0.5) is 5.13 Å². The summed E-state index contributed by atoms with van der Waals surface area (Å²) in [4.78, 5) is 16.3. The van der Waals surface area contributed by atoms with Gasteiger partial charge in [0.2, 0.25) is 11.0 Å². The van der Waals surface area contributed by atoms with E-state index in [1.54, 1.807) is 30.3 Å². The number of hydrogen-bond donors (Lipinski definition) is 1. The first-order valence-electron chi connectivity index (χ1n) is 5.78. The zero-order valence-corrected chi connectivity index (χ0v) is 14.1. The van der Waals surface area contributed by atoms with Crippen LogP contribution >= 0.6 is 45.7 Å².